The summed E-state index contributed by atoms with van der Waals surface area (Å²) < 4.78 is 2.60. The van der Waals surface area contributed by atoms with E-state index in [-0.39, 0.29) is 5.41 Å². The number of rotatable bonds is 1. The highest BCUT2D eigenvalue weighted by atomic mass is 32.1. The summed E-state index contributed by atoms with van der Waals surface area (Å²) in [5, 5.41) is 8.51. The summed E-state index contributed by atoms with van der Waals surface area (Å²) in [6.07, 6.45) is 1.71. The fraction of sp³-hybridized carbons (Fsp3) is 0.154. The number of hydrogen-bond acceptors (Lipinski definition) is 4. The topological polar surface area (TPSA) is 25.8 Å². The zero-order valence-electron chi connectivity index (χ0n) is 17.1. The van der Waals surface area contributed by atoms with Gasteiger partial charge < -0.3 is 0 Å². The Bertz CT molecular complexity index is 1580. The van der Waals surface area contributed by atoms with Crippen LogP contribution in [0.5, 0.6) is 0 Å². The van der Waals surface area contributed by atoms with Crippen LogP contribution in [0.1, 0.15) is 26.3 Å². The summed E-state index contributed by atoms with van der Waals surface area (Å²) in [7, 11) is 0. The van der Waals surface area contributed by atoms with Crippen LogP contribution in [0.3, 0.4) is 0 Å². The average molecular weight is 425 g/mol. The Hall–Kier alpha value is -2.82. The minimum atomic E-state index is 0.0412. The van der Waals surface area contributed by atoms with E-state index in [2.05, 4.69) is 85.7 Å². The highest BCUT2D eigenvalue weighted by molar-refractivity contribution is 7.27. The van der Waals surface area contributed by atoms with E-state index < -0.39 is 0 Å². The lowest BCUT2D eigenvalue weighted by molar-refractivity contribution is 0.596. The number of aromatic nitrogens is 2. The number of benzene rings is 3. The van der Waals surface area contributed by atoms with E-state index in [4.69, 9.17) is 4.98 Å². The third-order valence-corrected chi connectivity index (χ3v) is 7.81. The molecule has 0 aliphatic rings. The Balaban J connectivity index is 1.76. The van der Waals surface area contributed by atoms with Crippen LogP contribution in [0.25, 0.3) is 52.4 Å². The predicted molar refractivity (Wildman–Crippen MR) is 132 cm³/mol. The van der Waals surface area contributed by atoms with E-state index in [0.29, 0.717) is 0 Å². The highest BCUT2D eigenvalue weighted by Crippen LogP contribution is 2.44. The molecule has 4 heteroatoms. The number of fused-ring (bicyclic) bond motifs is 6. The Morgan fingerprint density at radius 2 is 1.70 bits per heavy atom. The van der Waals surface area contributed by atoms with Crippen LogP contribution in [-0.2, 0) is 5.41 Å². The van der Waals surface area contributed by atoms with Crippen LogP contribution in [-0.4, -0.2) is 9.97 Å². The third kappa shape index (κ3) is 2.60. The molecule has 6 aromatic rings. The molecule has 0 fully saturated rings. The van der Waals surface area contributed by atoms with Crippen LogP contribution in [0.4, 0.5) is 0 Å². The van der Waals surface area contributed by atoms with Gasteiger partial charge in [0.2, 0.25) is 0 Å². The van der Waals surface area contributed by atoms with Crippen LogP contribution in [0.2, 0.25) is 0 Å². The Kier molecular flexibility index (Phi) is 3.80. The molecule has 0 amide bonds. The maximum absolute atomic E-state index is 4.82. The summed E-state index contributed by atoms with van der Waals surface area (Å²) in [5.74, 6) is 0. The minimum Gasteiger partial charge on any atom is -0.236 e. The van der Waals surface area contributed by atoms with Crippen molar-refractivity contribution in [1.82, 2.24) is 9.97 Å². The molecule has 0 spiro atoms. The minimum absolute atomic E-state index is 0.0412. The largest absolute Gasteiger partial charge is 0.236 e. The zero-order chi connectivity index (χ0) is 20.5. The first kappa shape index (κ1) is 18.0. The maximum atomic E-state index is 4.82. The van der Waals surface area contributed by atoms with Crippen molar-refractivity contribution < 1.29 is 0 Å². The van der Waals surface area contributed by atoms with Crippen molar-refractivity contribution in [1.29, 1.82) is 0 Å². The van der Waals surface area contributed by atoms with Gasteiger partial charge in [-0.25, -0.2) is 9.97 Å². The number of hydrogen-bond donors (Lipinski definition) is 0. The molecule has 0 N–H and O–H groups in total. The summed E-state index contributed by atoms with van der Waals surface area (Å²) in [4.78, 5) is 10.5. The molecular formula is C26H20N2S2. The summed E-state index contributed by atoms with van der Waals surface area (Å²) in [5.41, 5.74) is 3.59. The maximum Gasteiger partial charge on any atom is 0.128 e. The van der Waals surface area contributed by atoms with Crippen molar-refractivity contribution in [2.45, 2.75) is 26.2 Å². The van der Waals surface area contributed by atoms with E-state index in [1.807, 2.05) is 0 Å². The fourth-order valence-electron chi connectivity index (χ4n) is 4.40. The van der Waals surface area contributed by atoms with Crippen molar-refractivity contribution >= 4 is 63.8 Å². The Morgan fingerprint density at radius 3 is 2.57 bits per heavy atom. The molecule has 0 aliphatic carbocycles. The Labute approximate surface area is 182 Å². The van der Waals surface area contributed by atoms with E-state index in [1.54, 1.807) is 29.0 Å². The normalized spacial score (nSPS) is 12.5. The van der Waals surface area contributed by atoms with Gasteiger partial charge in [-0.05, 0) is 56.8 Å². The van der Waals surface area contributed by atoms with Crippen LogP contribution < -0.4 is 0 Å². The first-order valence-corrected chi connectivity index (χ1v) is 11.8. The molecule has 3 heterocycles. The lowest BCUT2D eigenvalue weighted by Gasteiger charge is -2.22. The first-order valence-electron chi connectivity index (χ1n) is 10.1. The Morgan fingerprint density at radius 1 is 0.833 bits per heavy atom. The van der Waals surface area contributed by atoms with Gasteiger partial charge in [-0.2, -0.15) is 0 Å². The van der Waals surface area contributed by atoms with E-state index in [0.717, 1.165) is 10.5 Å². The van der Waals surface area contributed by atoms with E-state index >= 15 is 0 Å². The van der Waals surface area contributed by atoms with Crippen molar-refractivity contribution in [2.24, 2.45) is 0 Å². The van der Waals surface area contributed by atoms with Gasteiger partial charge in [-0.3, -0.25) is 0 Å². The number of nitrogens with zero attached hydrogens (tertiary/aromatic N) is 2. The lowest BCUT2D eigenvalue weighted by atomic mass is 9.82. The van der Waals surface area contributed by atoms with Gasteiger partial charge in [-0.1, -0.05) is 51.1 Å². The first-order chi connectivity index (χ1) is 14.5. The smallest absolute Gasteiger partial charge is 0.128 e. The lowest BCUT2D eigenvalue weighted by Crippen LogP contribution is -2.12. The van der Waals surface area contributed by atoms with Gasteiger partial charge in [-0.15, -0.1) is 22.7 Å². The molecule has 0 bridgehead atoms. The van der Waals surface area contributed by atoms with Gasteiger partial charge in [0.15, 0.2) is 0 Å². The van der Waals surface area contributed by atoms with Gasteiger partial charge in [0, 0.05) is 25.7 Å². The van der Waals surface area contributed by atoms with E-state index in [9.17, 15) is 0 Å². The zero-order valence-corrected chi connectivity index (χ0v) is 18.7. The molecule has 30 heavy (non-hydrogen) atoms. The molecule has 2 nitrogen and oxygen atoms in total. The van der Waals surface area contributed by atoms with Crippen LogP contribution >= 0.6 is 22.7 Å². The standard InChI is InChI=1S/C26H20N2S2/c1-26(2,3)19-13-17(12-16-6-4-5-7-18(16)19)23-22-21-20(30-25(22)28-14-27-23)9-8-15-10-11-29-24(15)21/h4-14H,1-3H3. The third-order valence-electron chi connectivity index (χ3n) is 5.80. The monoisotopic (exact) mass is 424 g/mol. The SMILES string of the molecule is CC(C)(C)c1cc(-c2ncnc3sc4ccc5ccsc5c4c23)cc2ccccc12. The van der Waals surface area contributed by atoms with Gasteiger partial charge >= 0.3 is 0 Å². The second kappa shape index (κ2) is 6.34. The van der Waals surface area contributed by atoms with Gasteiger partial charge in [0.25, 0.3) is 0 Å². The van der Waals surface area contributed by atoms with E-state index in [1.165, 1.54) is 47.5 Å². The van der Waals surface area contributed by atoms with Gasteiger partial charge in [0.05, 0.1) is 5.69 Å². The van der Waals surface area contributed by atoms with Crippen molar-refractivity contribution in [2.75, 3.05) is 0 Å². The molecule has 6 rings (SSSR count). The fourth-order valence-corrected chi connectivity index (χ4v) is 6.47. The molecule has 0 aliphatic heterocycles. The number of thiophene rings is 2. The second-order valence-corrected chi connectivity index (χ2v) is 10.7. The molecule has 0 radical (unpaired) electrons. The molecule has 3 aromatic carbocycles. The van der Waals surface area contributed by atoms with Crippen molar-refractivity contribution in [3.8, 4) is 11.3 Å². The quantitative estimate of drug-likeness (QED) is 0.266. The molecule has 146 valence electrons. The van der Waals surface area contributed by atoms with Gasteiger partial charge in [0.1, 0.15) is 11.2 Å². The van der Waals surface area contributed by atoms with Crippen LogP contribution in [0.15, 0.2) is 66.3 Å². The summed E-state index contributed by atoms with van der Waals surface area (Å²) in [6, 6.07) is 19.9. The van der Waals surface area contributed by atoms with Crippen molar-refractivity contribution in [3.63, 3.8) is 0 Å². The molecule has 0 unspecified atom stereocenters. The molecule has 0 saturated carbocycles. The molecule has 0 saturated heterocycles. The molecule has 3 aromatic heterocycles. The van der Waals surface area contributed by atoms with Crippen molar-refractivity contribution in [3.05, 3.63) is 71.9 Å². The predicted octanol–water partition coefficient (Wildman–Crippen LogP) is 8.18. The summed E-state index contributed by atoms with van der Waals surface area (Å²) in [6.45, 7) is 6.84. The van der Waals surface area contributed by atoms with Crippen LogP contribution in [0, 0.1) is 0 Å². The average Bonchev–Trinajstić information content (AvgIpc) is 3.35. The molecule has 0 atom stereocenters. The second-order valence-electron chi connectivity index (χ2n) is 8.78. The molecular weight excluding hydrogens is 404 g/mol. The summed E-state index contributed by atoms with van der Waals surface area (Å²) >= 11 is 3.56. The highest BCUT2D eigenvalue weighted by Gasteiger charge is 2.21.